The van der Waals surface area contributed by atoms with Gasteiger partial charge in [-0.25, -0.2) is 19.1 Å². The Morgan fingerprint density at radius 1 is 1.19 bits per heavy atom. The fraction of sp³-hybridized carbons (Fsp3) is 0.185. The number of oxime groups is 1. The topological polar surface area (TPSA) is 294 Å². The Morgan fingerprint density at radius 3 is 2.60 bits per heavy atom. The second kappa shape index (κ2) is 13.2. The van der Waals surface area contributed by atoms with Crippen LogP contribution in [0.25, 0.3) is 0 Å². The number of nitrogens with two attached hydrogens (primary N) is 3. The number of rotatable bonds is 11. The second-order valence-corrected chi connectivity index (χ2v) is 11.9. The van der Waals surface area contributed by atoms with E-state index < -0.39 is 58.5 Å². The van der Waals surface area contributed by atoms with Crippen molar-refractivity contribution >= 4 is 69.3 Å². The highest BCUT2D eigenvalue weighted by atomic mass is 32.2. The Balaban J connectivity index is 1.35. The number of carbonyl (C=O) groups is 4. The van der Waals surface area contributed by atoms with E-state index in [-0.39, 0.29) is 40.2 Å². The number of carbonyl (C=O) groups excluding carboxylic acids is 2. The van der Waals surface area contributed by atoms with Gasteiger partial charge in [-0.2, -0.15) is 0 Å². The van der Waals surface area contributed by atoms with E-state index in [1.165, 1.54) is 35.6 Å². The lowest BCUT2D eigenvalue weighted by Gasteiger charge is -2.49. The molecule has 20 heteroatoms. The molecule has 244 valence electrons. The van der Waals surface area contributed by atoms with Gasteiger partial charge in [-0.05, 0) is 17.7 Å². The number of aromatic hydroxyl groups is 2. The van der Waals surface area contributed by atoms with E-state index in [9.17, 15) is 39.6 Å². The Morgan fingerprint density at radius 2 is 1.96 bits per heavy atom. The maximum Gasteiger partial charge on any atom is 0.352 e. The van der Waals surface area contributed by atoms with Crippen LogP contribution in [-0.4, -0.2) is 81.9 Å². The van der Waals surface area contributed by atoms with E-state index in [1.807, 2.05) is 0 Å². The Kier molecular flexibility index (Phi) is 9.15. The fourth-order valence-electron chi connectivity index (χ4n) is 4.57. The average molecular weight is 685 g/mol. The molecule has 0 radical (unpaired) electrons. The number of aromatic nitrogens is 3. The highest BCUT2D eigenvalue weighted by Crippen LogP contribution is 2.40. The summed E-state index contributed by atoms with van der Waals surface area (Å²) in [5.74, 6) is -4.91. The first kappa shape index (κ1) is 32.5. The molecule has 3 unspecified atom stereocenters. The number of carboxylic acid groups (broad SMARTS) is 2. The predicted octanol–water partition coefficient (Wildman–Crippen LogP) is -0.475. The van der Waals surface area contributed by atoms with Crippen molar-refractivity contribution in [3.05, 3.63) is 70.7 Å². The normalized spacial score (nSPS) is 18.4. The fourth-order valence-corrected chi connectivity index (χ4v) is 6.44. The lowest BCUT2D eigenvalue weighted by molar-refractivity contribution is -0.675. The van der Waals surface area contributed by atoms with Crippen molar-refractivity contribution in [3.8, 4) is 11.5 Å². The van der Waals surface area contributed by atoms with Gasteiger partial charge in [0.1, 0.15) is 22.8 Å². The number of fused-ring (bicyclic) bond motifs is 1. The number of nitrogen functional groups attached to an aromatic ring is 3. The lowest BCUT2D eigenvalue weighted by atomic mass is 10.0. The Hall–Kier alpha value is -5.89. The minimum atomic E-state index is -1.82. The van der Waals surface area contributed by atoms with Crippen LogP contribution in [0.3, 0.4) is 0 Å². The third-order valence-electron chi connectivity index (χ3n) is 6.84. The van der Waals surface area contributed by atoms with Crippen molar-refractivity contribution in [3.63, 3.8) is 0 Å². The molecule has 1 fully saturated rings. The summed E-state index contributed by atoms with van der Waals surface area (Å²) in [4.78, 5) is 65.1. The molecule has 47 heavy (non-hydrogen) atoms. The van der Waals surface area contributed by atoms with Crippen LogP contribution in [-0.2, 0) is 30.6 Å². The molecular weight excluding hydrogens is 658 g/mol. The summed E-state index contributed by atoms with van der Waals surface area (Å²) in [7, 11) is 0. The minimum absolute atomic E-state index is 0.0537. The van der Waals surface area contributed by atoms with Crippen LogP contribution in [0.5, 0.6) is 11.5 Å². The maximum absolute atomic E-state index is 13.4. The molecule has 1 saturated heterocycles. The number of phenols is 2. The zero-order valence-corrected chi connectivity index (χ0v) is 25.5. The Bertz CT molecular complexity index is 1880. The molecule has 3 atom stereocenters. The van der Waals surface area contributed by atoms with Crippen molar-refractivity contribution in [2.75, 3.05) is 23.0 Å². The van der Waals surface area contributed by atoms with Gasteiger partial charge in [0, 0.05) is 16.7 Å². The lowest BCUT2D eigenvalue weighted by Crippen LogP contribution is -2.71. The molecular formula is C27H26N9O9S2+. The van der Waals surface area contributed by atoms with Crippen LogP contribution in [0.15, 0.2) is 64.6 Å². The molecule has 18 nitrogen and oxygen atoms in total. The summed E-state index contributed by atoms with van der Waals surface area (Å²) in [6.45, 7) is 0.248. The van der Waals surface area contributed by atoms with Crippen molar-refractivity contribution in [1.29, 1.82) is 0 Å². The highest BCUT2D eigenvalue weighted by molar-refractivity contribution is 8.00. The second-order valence-electron chi connectivity index (χ2n) is 9.92. The SMILES string of the molecule is Nc1cc(N)[n+](C/C=C/C2=C(C(=O)O)N3C(=O)C(NC(=O)/C(=N\OC(C(=O)O)c4ccc(O)c(O)c4)c4csc(N)n4)C3SC2)cn1. The molecule has 1 aromatic carbocycles. The smallest absolute Gasteiger partial charge is 0.352 e. The molecule has 3 aromatic rings. The van der Waals surface area contributed by atoms with E-state index in [0.29, 0.717) is 11.4 Å². The third-order valence-corrected chi connectivity index (χ3v) is 8.81. The number of amides is 2. The van der Waals surface area contributed by atoms with E-state index in [4.69, 9.17) is 22.0 Å². The van der Waals surface area contributed by atoms with Gasteiger partial charge in [0.2, 0.25) is 24.1 Å². The number of anilines is 3. The van der Waals surface area contributed by atoms with Crippen LogP contribution in [0.2, 0.25) is 0 Å². The van der Waals surface area contributed by atoms with Gasteiger partial charge in [-0.1, -0.05) is 28.4 Å². The summed E-state index contributed by atoms with van der Waals surface area (Å²) >= 11 is 2.17. The summed E-state index contributed by atoms with van der Waals surface area (Å²) in [6, 6.07) is 3.47. The molecule has 0 aliphatic carbocycles. The van der Waals surface area contributed by atoms with Gasteiger partial charge in [0.25, 0.3) is 11.8 Å². The molecule has 0 bridgehead atoms. The summed E-state index contributed by atoms with van der Waals surface area (Å²) in [5.41, 5.74) is 16.6. The number of nitrogens with zero attached hydrogens (tertiary/aromatic N) is 5. The van der Waals surface area contributed by atoms with Gasteiger partial charge in [-0.15, -0.1) is 23.1 Å². The third kappa shape index (κ3) is 6.72. The van der Waals surface area contributed by atoms with Gasteiger partial charge < -0.3 is 47.8 Å². The number of benzene rings is 1. The number of nitrogens with one attached hydrogen (secondary N) is 1. The van der Waals surface area contributed by atoms with E-state index in [0.717, 1.165) is 28.4 Å². The van der Waals surface area contributed by atoms with Crippen LogP contribution in [0.1, 0.15) is 17.4 Å². The van der Waals surface area contributed by atoms with Crippen LogP contribution < -0.4 is 27.1 Å². The largest absolute Gasteiger partial charge is 0.504 e. The van der Waals surface area contributed by atoms with Gasteiger partial charge in [0.05, 0.1) is 12.6 Å². The van der Waals surface area contributed by atoms with E-state index in [2.05, 4.69) is 20.4 Å². The van der Waals surface area contributed by atoms with Crippen molar-refractivity contribution in [2.24, 2.45) is 5.16 Å². The first-order valence-electron chi connectivity index (χ1n) is 13.3. The predicted molar refractivity (Wildman–Crippen MR) is 166 cm³/mol. The molecule has 0 saturated carbocycles. The number of allylic oxidation sites excluding steroid dienone is 2. The highest BCUT2D eigenvalue weighted by Gasteiger charge is 2.54. The molecule has 2 amide bonds. The van der Waals surface area contributed by atoms with Gasteiger partial charge in [-0.3, -0.25) is 14.5 Å². The van der Waals surface area contributed by atoms with E-state index in [1.54, 1.807) is 16.7 Å². The number of aliphatic carboxylic acids is 2. The number of phenolic OH excluding ortho intramolecular Hbond substituents is 2. The number of thiazole rings is 1. The quantitative estimate of drug-likeness (QED) is 0.0416. The molecule has 2 aliphatic rings. The Labute approximate surface area is 272 Å². The zero-order chi connectivity index (χ0) is 34.0. The average Bonchev–Trinajstić information content (AvgIpc) is 3.45. The summed E-state index contributed by atoms with van der Waals surface area (Å²) in [6.07, 6.45) is 2.83. The van der Waals surface area contributed by atoms with E-state index >= 15 is 0 Å². The van der Waals surface area contributed by atoms with Crippen molar-refractivity contribution < 1.29 is 49.0 Å². The van der Waals surface area contributed by atoms with Crippen molar-refractivity contribution in [1.82, 2.24) is 20.2 Å². The van der Waals surface area contributed by atoms with Crippen LogP contribution in [0, 0.1) is 0 Å². The van der Waals surface area contributed by atoms with Crippen molar-refractivity contribution in [2.45, 2.75) is 24.1 Å². The maximum atomic E-state index is 13.4. The molecule has 4 heterocycles. The van der Waals surface area contributed by atoms with Crippen LogP contribution >= 0.6 is 23.1 Å². The molecule has 5 rings (SSSR count). The first-order chi connectivity index (χ1) is 22.3. The summed E-state index contributed by atoms with van der Waals surface area (Å²) < 4.78 is 1.58. The summed E-state index contributed by atoms with van der Waals surface area (Å²) in [5, 5.41) is 45.9. The van der Waals surface area contributed by atoms with Gasteiger partial charge >= 0.3 is 11.9 Å². The molecule has 11 N–H and O–H groups in total. The zero-order valence-electron chi connectivity index (χ0n) is 23.9. The number of thioether (sulfide) groups is 1. The number of carboxylic acids is 2. The number of β-lactam (4-membered cyclic amide) rings is 1. The molecule has 2 aromatic heterocycles. The first-order valence-corrected chi connectivity index (χ1v) is 15.3. The molecule has 2 aliphatic heterocycles. The monoisotopic (exact) mass is 684 g/mol. The number of hydrogen-bond acceptors (Lipinski definition) is 15. The molecule has 0 spiro atoms. The standard InChI is InChI=1S/C27H25N9O9S2/c28-16-7-17(29)35(10-31-16)5-1-2-12-8-46-24-19(23(40)36(24)20(12)25(41)42)33-22(39)18(13-9-47-27(30)32-13)34-45-21(26(43)44)11-3-4-14(37)15(38)6-11/h1-4,6-7,9-10,19,21,24H,5,8H2,(H10,28,29,30,32,33,34,37,38,39,41,42,43,44)/p+1/b2-1+. The van der Waals surface area contributed by atoms with Gasteiger partial charge in [0.15, 0.2) is 22.3 Å². The minimum Gasteiger partial charge on any atom is -0.504 e. The number of hydrogen-bond donors (Lipinski definition) is 8. The van der Waals surface area contributed by atoms with Crippen LogP contribution in [0.4, 0.5) is 16.8 Å².